The van der Waals surface area contributed by atoms with Gasteiger partial charge in [0.15, 0.2) is 0 Å². The normalized spacial score (nSPS) is 14.4. The van der Waals surface area contributed by atoms with Crippen LogP contribution in [0.15, 0.2) is 0 Å². The fourth-order valence-electron chi connectivity index (χ4n) is 1.74. The predicted molar refractivity (Wildman–Crippen MR) is 63.6 cm³/mol. The van der Waals surface area contributed by atoms with Gasteiger partial charge in [-0.15, -0.1) is 0 Å². The van der Waals surface area contributed by atoms with E-state index in [0.717, 1.165) is 31.8 Å². The van der Waals surface area contributed by atoms with Gasteiger partial charge in [-0.3, -0.25) is 0 Å². The van der Waals surface area contributed by atoms with E-state index in [9.17, 15) is 0 Å². The van der Waals surface area contributed by atoms with Crippen molar-refractivity contribution in [3.8, 4) is 0 Å². The van der Waals surface area contributed by atoms with Crippen LogP contribution in [0, 0.1) is 5.92 Å². The predicted octanol–water partition coefficient (Wildman–Crippen LogP) is 4.41. The Morgan fingerprint density at radius 3 is 1.86 bits per heavy atom. The summed E-state index contributed by atoms with van der Waals surface area (Å²) in [5, 5.41) is 0. The zero-order valence-corrected chi connectivity index (χ0v) is 10.7. The molecule has 1 atom stereocenters. The Hall–Kier alpha value is -0.0400. The Kier molecular flexibility index (Phi) is 7.26. The molecule has 0 aliphatic carbocycles. The summed E-state index contributed by atoms with van der Waals surface area (Å²) in [5.74, 6) is 0.804. The van der Waals surface area contributed by atoms with Crippen molar-refractivity contribution in [3.63, 3.8) is 0 Å². The van der Waals surface area contributed by atoms with Crippen molar-refractivity contribution in [2.45, 2.75) is 72.3 Å². The summed E-state index contributed by atoms with van der Waals surface area (Å²) in [5.41, 5.74) is 0.160. The van der Waals surface area contributed by atoms with Crippen molar-refractivity contribution < 1.29 is 4.74 Å². The first-order valence-corrected chi connectivity index (χ1v) is 6.28. The van der Waals surface area contributed by atoms with Gasteiger partial charge in [-0.05, 0) is 31.6 Å². The lowest BCUT2D eigenvalue weighted by molar-refractivity contribution is -0.0582. The average Bonchev–Trinajstić information content (AvgIpc) is 2.25. The maximum absolute atomic E-state index is 6.05. The van der Waals surface area contributed by atoms with Crippen molar-refractivity contribution in [1.29, 1.82) is 0 Å². The highest BCUT2D eigenvalue weighted by Crippen LogP contribution is 2.25. The molecule has 0 aromatic heterocycles. The summed E-state index contributed by atoms with van der Waals surface area (Å²) in [6.45, 7) is 12.2. The molecule has 0 saturated heterocycles. The highest BCUT2D eigenvalue weighted by Gasteiger charge is 2.24. The molecule has 0 N–H and O–H groups in total. The first-order chi connectivity index (χ1) is 6.64. The summed E-state index contributed by atoms with van der Waals surface area (Å²) in [7, 11) is 0. The summed E-state index contributed by atoms with van der Waals surface area (Å²) < 4.78 is 6.05. The second kappa shape index (κ2) is 7.28. The van der Waals surface area contributed by atoms with E-state index in [1.165, 1.54) is 12.8 Å². The number of rotatable bonds is 8. The highest BCUT2D eigenvalue weighted by molar-refractivity contribution is 4.75. The number of hydrogen-bond acceptors (Lipinski definition) is 1. The molecular formula is C13H28O. The first kappa shape index (κ1) is 14.0. The Labute approximate surface area is 90.2 Å². The van der Waals surface area contributed by atoms with E-state index in [1.807, 2.05) is 0 Å². The zero-order valence-electron chi connectivity index (χ0n) is 10.7. The van der Waals surface area contributed by atoms with Crippen molar-refractivity contribution >= 4 is 0 Å². The highest BCUT2D eigenvalue weighted by atomic mass is 16.5. The first-order valence-electron chi connectivity index (χ1n) is 6.28. The lowest BCUT2D eigenvalue weighted by atomic mass is 9.94. The van der Waals surface area contributed by atoms with E-state index < -0.39 is 0 Å². The largest absolute Gasteiger partial charge is 0.375 e. The van der Waals surface area contributed by atoms with Gasteiger partial charge >= 0.3 is 0 Å². The smallest absolute Gasteiger partial charge is 0.0674 e. The zero-order chi connectivity index (χ0) is 11.0. The third kappa shape index (κ3) is 4.45. The molecule has 0 aliphatic rings. The van der Waals surface area contributed by atoms with Gasteiger partial charge in [0.25, 0.3) is 0 Å². The fourth-order valence-corrected chi connectivity index (χ4v) is 1.74. The van der Waals surface area contributed by atoms with Crippen LogP contribution in [0.1, 0.15) is 66.7 Å². The molecule has 1 nitrogen and oxygen atoms in total. The molecule has 0 aliphatic heterocycles. The summed E-state index contributed by atoms with van der Waals surface area (Å²) >= 11 is 0. The quantitative estimate of drug-likeness (QED) is 0.564. The van der Waals surface area contributed by atoms with Crippen molar-refractivity contribution in [1.82, 2.24) is 0 Å². The van der Waals surface area contributed by atoms with Crippen molar-refractivity contribution in [2.24, 2.45) is 5.92 Å². The Morgan fingerprint density at radius 2 is 1.50 bits per heavy atom. The Bertz CT molecular complexity index is 119. The van der Waals surface area contributed by atoms with E-state index in [0.29, 0.717) is 0 Å². The van der Waals surface area contributed by atoms with Gasteiger partial charge in [0, 0.05) is 6.61 Å². The maximum atomic E-state index is 6.05. The van der Waals surface area contributed by atoms with Crippen LogP contribution in [-0.4, -0.2) is 12.2 Å². The number of ether oxygens (including phenoxy) is 1. The molecule has 1 unspecified atom stereocenters. The molecule has 0 rings (SSSR count). The third-order valence-corrected chi connectivity index (χ3v) is 3.65. The van der Waals surface area contributed by atoms with E-state index >= 15 is 0 Å². The van der Waals surface area contributed by atoms with Gasteiger partial charge in [0.2, 0.25) is 0 Å². The molecule has 0 bridgehead atoms. The summed E-state index contributed by atoms with van der Waals surface area (Å²) in [6, 6.07) is 0. The van der Waals surface area contributed by atoms with Crippen LogP contribution in [0.2, 0.25) is 0 Å². The lowest BCUT2D eigenvalue weighted by Gasteiger charge is -2.31. The second-order valence-corrected chi connectivity index (χ2v) is 4.39. The molecular weight excluding hydrogens is 172 g/mol. The van der Waals surface area contributed by atoms with Crippen LogP contribution in [0.5, 0.6) is 0 Å². The maximum Gasteiger partial charge on any atom is 0.0674 e. The fraction of sp³-hybridized carbons (Fsp3) is 1.00. The molecule has 0 radical (unpaired) electrons. The minimum atomic E-state index is 0.160. The van der Waals surface area contributed by atoms with Gasteiger partial charge in [-0.25, -0.2) is 0 Å². The van der Waals surface area contributed by atoms with Gasteiger partial charge in [0.05, 0.1) is 5.60 Å². The molecule has 0 spiro atoms. The molecule has 86 valence electrons. The van der Waals surface area contributed by atoms with Crippen LogP contribution in [-0.2, 0) is 4.74 Å². The minimum Gasteiger partial charge on any atom is -0.375 e. The van der Waals surface area contributed by atoms with Gasteiger partial charge in [-0.1, -0.05) is 41.0 Å². The second-order valence-electron chi connectivity index (χ2n) is 4.39. The van der Waals surface area contributed by atoms with Gasteiger partial charge in [0.1, 0.15) is 0 Å². The molecule has 0 fully saturated rings. The van der Waals surface area contributed by atoms with Crippen molar-refractivity contribution in [2.75, 3.05) is 6.61 Å². The molecule has 0 saturated carbocycles. The SMILES string of the molecule is CCC(C)CCOC(CC)(CC)CC. The number of hydrogen-bond donors (Lipinski definition) is 0. The molecule has 0 amide bonds. The van der Waals surface area contributed by atoms with Crippen LogP contribution in [0.4, 0.5) is 0 Å². The van der Waals surface area contributed by atoms with Gasteiger partial charge < -0.3 is 4.74 Å². The van der Waals surface area contributed by atoms with Crippen LogP contribution >= 0.6 is 0 Å². The molecule has 0 heterocycles. The van der Waals surface area contributed by atoms with Crippen LogP contribution in [0.3, 0.4) is 0 Å². The van der Waals surface area contributed by atoms with E-state index in [2.05, 4.69) is 34.6 Å². The lowest BCUT2D eigenvalue weighted by Crippen LogP contribution is -2.30. The topological polar surface area (TPSA) is 9.23 Å². The standard InChI is InChI=1S/C13H28O/c1-6-12(5)10-11-14-13(7-2,8-3)9-4/h12H,6-11H2,1-5H3. The van der Waals surface area contributed by atoms with Crippen molar-refractivity contribution in [3.05, 3.63) is 0 Å². The Balaban J connectivity index is 3.82. The van der Waals surface area contributed by atoms with Gasteiger partial charge in [-0.2, -0.15) is 0 Å². The monoisotopic (exact) mass is 200 g/mol. The molecule has 1 heteroatoms. The molecule has 0 aromatic carbocycles. The molecule has 14 heavy (non-hydrogen) atoms. The van der Waals surface area contributed by atoms with E-state index in [4.69, 9.17) is 4.74 Å². The summed E-state index contributed by atoms with van der Waals surface area (Å²) in [6.07, 6.45) is 5.89. The van der Waals surface area contributed by atoms with Crippen LogP contribution in [0.25, 0.3) is 0 Å². The van der Waals surface area contributed by atoms with E-state index in [1.54, 1.807) is 0 Å². The average molecular weight is 200 g/mol. The third-order valence-electron chi connectivity index (χ3n) is 3.65. The summed E-state index contributed by atoms with van der Waals surface area (Å²) in [4.78, 5) is 0. The van der Waals surface area contributed by atoms with Crippen LogP contribution < -0.4 is 0 Å². The minimum absolute atomic E-state index is 0.160. The Morgan fingerprint density at radius 1 is 1.00 bits per heavy atom. The molecule has 0 aromatic rings. The van der Waals surface area contributed by atoms with E-state index in [-0.39, 0.29) is 5.60 Å².